The Morgan fingerprint density at radius 2 is 2.05 bits per heavy atom. The molecule has 1 aliphatic carbocycles. The van der Waals surface area contributed by atoms with Crippen LogP contribution < -0.4 is 5.32 Å². The zero-order valence-corrected chi connectivity index (χ0v) is 14.7. The number of benzene rings is 1. The van der Waals surface area contributed by atoms with Gasteiger partial charge in [-0.05, 0) is 55.3 Å². The summed E-state index contributed by atoms with van der Waals surface area (Å²) in [7, 11) is 0. The van der Waals surface area contributed by atoms with Gasteiger partial charge in [-0.15, -0.1) is 0 Å². The second-order valence-corrected chi connectivity index (χ2v) is 7.14. The van der Waals surface area contributed by atoms with E-state index >= 15 is 0 Å². The van der Waals surface area contributed by atoms with E-state index in [-0.39, 0.29) is 0 Å². The lowest BCUT2D eigenvalue weighted by molar-refractivity contribution is 0.209. The number of hydrogen-bond donors (Lipinski definition) is 1. The van der Waals surface area contributed by atoms with E-state index in [4.69, 9.17) is 23.2 Å². The summed E-state index contributed by atoms with van der Waals surface area (Å²) in [6.45, 7) is 5.57. The molecule has 2 rings (SSSR count). The van der Waals surface area contributed by atoms with Crippen LogP contribution in [0.25, 0.3) is 0 Å². The summed E-state index contributed by atoms with van der Waals surface area (Å²) in [6.07, 6.45) is 7.80. The molecule has 1 nitrogen and oxygen atoms in total. The van der Waals surface area contributed by atoms with Gasteiger partial charge in [-0.2, -0.15) is 0 Å². The molecule has 0 aliphatic heterocycles. The lowest BCUT2D eigenvalue weighted by Gasteiger charge is -2.35. The number of rotatable bonds is 6. The van der Waals surface area contributed by atoms with Crippen LogP contribution in [0, 0.1) is 11.8 Å². The second-order valence-electron chi connectivity index (χ2n) is 6.30. The Kier molecular flexibility index (Phi) is 6.85. The maximum Gasteiger partial charge on any atom is 0.0468 e. The van der Waals surface area contributed by atoms with Gasteiger partial charge in [0.1, 0.15) is 0 Å². The fourth-order valence-corrected chi connectivity index (χ4v) is 4.12. The number of nitrogens with one attached hydrogen (secondary N) is 1. The Hall–Kier alpha value is -0.240. The highest BCUT2D eigenvalue weighted by Gasteiger charge is 2.29. The molecule has 3 unspecified atom stereocenters. The third-order valence-electron chi connectivity index (χ3n) is 4.78. The largest absolute Gasteiger partial charge is 0.310 e. The predicted molar refractivity (Wildman–Crippen MR) is 93.2 cm³/mol. The maximum absolute atomic E-state index is 6.47. The second kappa shape index (κ2) is 8.41. The van der Waals surface area contributed by atoms with E-state index in [1.807, 2.05) is 12.1 Å². The van der Waals surface area contributed by atoms with Gasteiger partial charge in [-0.3, -0.25) is 0 Å². The molecule has 1 N–H and O–H groups in total. The van der Waals surface area contributed by atoms with E-state index in [0.29, 0.717) is 17.0 Å². The highest BCUT2D eigenvalue weighted by Crippen LogP contribution is 2.40. The molecule has 1 aromatic carbocycles. The van der Waals surface area contributed by atoms with E-state index in [1.54, 1.807) is 0 Å². The number of hydrogen-bond acceptors (Lipinski definition) is 1. The molecule has 0 aromatic heterocycles. The van der Waals surface area contributed by atoms with Crippen LogP contribution in [0.2, 0.25) is 10.0 Å². The molecule has 0 heterocycles. The van der Waals surface area contributed by atoms with Crippen molar-refractivity contribution in [3.63, 3.8) is 0 Å². The van der Waals surface area contributed by atoms with Gasteiger partial charge in [0.2, 0.25) is 0 Å². The molecule has 1 fully saturated rings. The third kappa shape index (κ3) is 4.61. The van der Waals surface area contributed by atoms with Gasteiger partial charge in [-0.1, -0.05) is 62.4 Å². The van der Waals surface area contributed by atoms with Crippen LogP contribution in [0.15, 0.2) is 18.2 Å². The van der Waals surface area contributed by atoms with Crippen LogP contribution in [-0.2, 0) is 0 Å². The van der Waals surface area contributed by atoms with Crippen molar-refractivity contribution in [1.29, 1.82) is 0 Å². The van der Waals surface area contributed by atoms with E-state index in [9.17, 15) is 0 Å². The van der Waals surface area contributed by atoms with Crippen LogP contribution in [0.1, 0.15) is 64.0 Å². The van der Waals surface area contributed by atoms with Gasteiger partial charge in [0.15, 0.2) is 0 Å². The first-order valence-electron chi connectivity index (χ1n) is 8.34. The minimum Gasteiger partial charge on any atom is -0.310 e. The van der Waals surface area contributed by atoms with Crippen molar-refractivity contribution in [3.05, 3.63) is 33.8 Å². The lowest BCUT2D eigenvalue weighted by Crippen LogP contribution is -2.32. The highest BCUT2D eigenvalue weighted by atomic mass is 35.5. The molecular formula is C18H27Cl2N. The van der Waals surface area contributed by atoms with Crippen molar-refractivity contribution in [3.8, 4) is 0 Å². The van der Waals surface area contributed by atoms with Crippen LogP contribution in [0.5, 0.6) is 0 Å². The van der Waals surface area contributed by atoms with E-state index in [0.717, 1.165) is 23.9 Å². The predicted octanol–water partition coefficient (Wildman–Crippen LogP) is 6.25. The smallest absolute Gasteiger partial charge is 0.0468 e. The molecule has 1 aromatic rings. The van der Waals surface area contributed by atoms with Crippen molar-refractivity contribution in [2.24, 2.45) is 11.8 Å². The summed E-state index contributed by atoms with van der Waals surface area (Å²) < 4.78 is 0. The minimum absolute atomic E-state index is 0.365. The van der Waals surface area contributed by atoms with Crippen molar-refractivity contribution in [1.82, 2.24) is 5.32 Å². The standard InChI is InChI=1S/C18H27Cl2N/c1-3-10-21-18(14-7-5-6-13(4-2)11-14)16-9-8-15(19)12-17(16)20/h8-9,12-14,18,21H,3-7,10-11H2,1-2H3. The van der Waals surface area contributed by atoms with Crippen molar-refractivity contribution >= 4 is 23.2 Å². The minimum atomic E-state index is 0.365. The SMILES string of the molecule is CCCNC(c1ccc(Cl)cc1Cl)C1CCCC(CC)C1. The van der Waals surface area contributed by atoms with Crippen molar-refractivity contribution in [2.45, 2.75) is 58.4 Å². The first-order valence-corrected chi connectivity index (χ1v) is 9.09. The third-order valence-corrected chi connectivity index (χ3v) is 5.35. The summed E-state index contributed by atoms with van der Waals surface area (Å²) in [5.41, 5.74) is 1.22. The van der Waals surface area contributed by atoms with E-state index in [1.165, 1.54) is 37.7 Å². The molecule has 0 amide bonds. The van der Waals surface area contributed by atoms with Crippen LogP contribution in [0.4, 0.5) is 0 Å². The Labute approximate surface area is 139 Å². The zero-order valence-electron chi connectivity index (χ0n) is 13.2. The Balaban J connectivity index is 2.20. The van der Waals surface area contributed by atoms with Gasteiger partial charge in [-0.25, -0.2) is 0 Å². The first-order chi connectivity index (χ1) is 10.2. The molecule has 3 heteroatoms. The summed E-state index contributed by atoms with van der Waals surface area (Å²) in [6, 6.07) is 6.31. The van der Waals surface area contributed by atoms with Crippen molar-refractivity contribution in [2.75, 3.05) is 6.54 Å². The first kappa shape index (κ1) is 17.1. The average molecular weight is 328 g/mol. The zero-order chi connectivity index (χ0) is 15.2. The summed E-state index contributed by atoms with van der Waals surface area (Å²) >= 11 is 12.5. The van der Waals surface area contributed by atoms with Gasteiger partial charge < -0.3 is 5.32 Å². The maximum atomic E-state index is 6.47. The molecule has 0 radical (unpaired) electrons. The molecular weight excluding hydrogens is 301 g/mol. The van der Waals surface area contributed by atoms with Crippen LogP contribution in [-0.4, -0.2) is 6.54 Å². The topological polar surface area (TPSA) is 12.0 Å². The molecule has 21 heavy (non-hydrogen) atoms. The van der Waals surface area contributed by atoms with Gasteiger partial charge in [0.25, 0.3) is 0 Å². The van der Waals surface area contributed by atoms with Crippen molar-refractivity contribution < 1.29 is 0 Å². The fourth-order valence-electron chi connectivity index (χ4n) is 3.59. The highest BCUT2D eigenvalue weighted by molar-refractivity contribution is 6.35. The van der Waals surface area contributed by atoms with E-state index in [2.05, 4.69) is 25.2 Å². The average Bonchev–Trinajstić information content (AvgIpc) is 2.49. The molecule has 1 saturated carbocycles. The summed E-state index contributed by atoms with van der Waals surface area (Å²) in [4.78, 5) is 0. The van der Waals surface area contributed by atoms with Gasteiger partial charge in [0.05, 0.1) is 0 Å². The monoisotopic (exact) mass is 327 g/mol. The molecule has 3 atom stereocenters. The van der Waals surface area contributed by atoms with Crippen LogP contribution >= 0.6 is 23.2 Å². The quantitative estimate of drug-likeness (QED) is 0.651. The molecule has 0 bridgehead atoms. The van der Waals surface area contributed by atoms with Gasteiger partial charge >= 0.3 is 0 Å². The fraction of sp³-hybridized carbons (Fsp3) is 0.667. The van der Waals surface area contributed by atoms with Crippen LogP contribution in [0.3, 0.4) is 0 Å². The Morgan fingerprint density at radius 3 is 2.71 bits per heavy atom. The Morgan fingerprint density at radius 1 is 1.24 bits per heavy atom. The molecule has 0 spiro atoms. The molecule has 118 valence electrons. The number of halogens is 2. The Bertz CT molecular complexity index is 447. The normalized spacial score (nSPS) is 24.0. The molecule has 1 aliphatic rings. The lowest BCUT2D eigenvalue weighted by atomic mass is 9.75. The summed E-state index contributed by atoms with van der Waals surface area (Å²) in [5.74, 6) is 1.56. The molecule has 0 saturated heterocycles. The van der Waals surface area contributed by atoms with E-state index < -0.39 is 0 Å². The summed E-state index contributed by atoms with van der Waals surface area (Å²) in [5, 5.41) is 5.25. The van der Waals surface area contributed by atoms with Gasteiger partial charge in [0, 0.05) is 16.1 Å².